The van der Waals surface area contributed by atoms with Gasteiger partial charge in [-0.2, -0.15) is 4.98 Å². The van der Waals surface area contributed by atoms with Gasteiger partial charge in [-0.3, -0.25) is 9.69 Å². The highest BCUT2D eigenvalue weighted by Crippen LogP contribution is 2.24. The van der Waals surface area contributed by atoms with Crippen molar-refractivity contribution in [2.75, 3.05) is 26.2 Å². The van der Waals surface area contributed by atoms with E-state index in [9.17, 15) is 4.79 Å². The van der Waals surface area contributed by atoms with Crippen LogP contribution in [0.15, 0.2) is 65.3 Å². The van der Waals surface area contributed by atoms with E-state index in [0.717, 1.165) is 43.7 Å². The third-order valence-corrected chi connectivity index (χ3v) is 6.33. The van der Waals surface area contributed by atoms with Gasteiger partial charge in [0.05, 0.1) is 6.04 Å². The van der Waals surface area contributed by atoms with Gasteiger partial charge in [-0.1, -0.05) is 53.7 Å². The van der Waals surface area contributed by atoms with Crippen LogP contribution in [0.25, 0.3) is 22.3 Å². The van der Waals surface area contributed by atoms with E-state index in [1.807, 2.05) is 53.6 Å². The highest BCUT2D eigenvalue weighted by atomic mass is 16.5. The van der Waals surface area contributed by atoms with Crippen LogP contribution in [0.4, 0.5) is 0 Å². The minimum atomic E-state index is 0.0171. The number of carbonyl (C=O) groups excluding carboxylic acids is 1. The molecule has 1 atom stereocenters. The van der Waals surface area contributed by atoms with Crippen molar-refractivity contribution in [3.63, 3.8) is 0 Å². The summed E-state index contributed by atoms with van der Waals surface area (Å²) in [6.07, 6.45) is 3.30. The number of rotatable bonds is 6. The van der Waals surface area contributed by atoms with E-state index in [4.69, 9.17) is 4.52 Å². The molecule has 0 aliphatic carbocycles. The average Bonchev–Trinajstić information content (AvgIpc) is 3.50. The predicted octanol–water partition coefficient (Wildman–Crippen LogP) is 4.06. The Bertz CT molecular complexity index is 1190. The highest BCUT2D eigenvalue weighted by molar-refractivity contribution is 5.84. The van der Waals surface area contributed by atoms with Gasteiger partial charge in [0.15, 0.2) is 0 Å². The van der Waals surface area contributed by atoms with Gasteiger partial charge in [0.25, 0.3) is 0 Å². The molecule has 0 radical (unpaired) electrons. The molecule has 0 spiro atoms. The van der Waals surface area contributed by atoms with E-state index in [1.165, 1.54) is 10.9 Å². The van der Waals surface area contributed by atoms with Crippen LogP contribution in [-0.2, 0) is 11.2 Å². The fraction of sp³-hybridized carbons (Fsp3) is 0.320. The number of para-hydroxylation sites is 1. The summed E-state index contributed by atoms with van der Waals surface area (Å²) in [5.74, 6) is 1.44. The van der Waals surface area contributed by atoms with Gasteiger partial charge in [0.2, 0.25) is 17.6 Å². The smallest absolute Gasteiger partial charge is 0.244 e. The van der Waals surface area contributed by atoms with E-state index in [0.29, 0.717) is 18.1 Å². The number of aromatic nitrogens is 3. The monoisotopic (exact) mass is 429 g/mol. The topological polar surface area (TPSA) is 78.3 Å². The van der Waals surface area contributed by atoms with Gasteiger partial charge >= 0.3 is 0 Å². The molecule has 4 aromatic rings. The Morgan fingerprint density at radius 1 is 1.06 bits per heavy atom. The van der Waals surface area contributed by atoms with Crippen LogP contribution in [0.5, 0.6) is 0 Å². The summed E-state index contributed by atoms with van der Waals surface area (Å²) >= 11 is 0. The number of hydrogen-bond acceptors (Lipinski definition) is 5. The van der Waals surface area contributed by atoms with Crippen molar-refractivity contribution in [2.45, 2.75) is 25.8 Å². The quantitative estimate of drug-likeness (QED) is 0.500. The Morgan fingerprint density at radius 2 is 1.81 bits per heavy atom. The van der Waals surface area contributed by atoms with Crippen LogP contribution in [0.2, 0.25) is 0 Å². The maximum atomic E-state index is 12.8. The molecule has 1 aliphatic heterocycles. The maximum Gasteiger partial charge on any atom is 0.244 e. The van der Waals surface area contributed by atoms with Crippen LogP contribution in [0, 0.1) is 0 Å². The minimum Gasteiger partial charge on any atom is -0.361 e. The van der Waals surface area contributed by atoms with Crippen LogP contribution < -0.4 is 0 Å². The number of aromatic amines is 1. The van der Waals surface area contributed by atoms with Crippen LogP contribution in [0.1, 0.15) is 30.8 Å². The number of hydrogen-bond donors (Lipinski definition) is 1. The van der Waals surface area contributed by atoms with Gasteiger partial charge in [0.1, 0.15) is 0 Å². The molecular formula is C25H27N5O2. The fourth-order valence-corrected chi connectivity index (χ4v) is 4.36. The lowest BCUT2D eigenvalue weighted by Crippen LogP contribution is -2.49. The number of piperazine rings is 1. The molecule has 2 aromatic heterocycles. The van der Waals surface area contributed by atoms with Crippen molar-refractivity contribution in [2.24, 2.45) is 0 Å². The molecule has 0 saturated carbocycles. The average molecular weight is 430 g/mol. The molecule has 164 valence electrons. The number of amides is 1. The Labute approximate surface area is 187 Å². The van der Waals surface area contributed by atoms with Gasteiger partial charge in [0, 0.05) is 55.3 Å². The molecule has 7 nitrogen and oxygen atoms in total. The van der Waals surface area contributed by atoms with E-state index in [1.54, 1.807) is 0 Å². The molecule has 3 heterocycles. The Morgan fingerprint density at radius 3 is 2.62 bits per heavy atom. The SMILES string of the molecule is CC(c1nc(-c2ccccc2)no1)N1CCN(C(=O)CCc2c[nH]c3ccccc23)CC1. The standard InChI is InChI=1S/C25H27N5O2/c1-18(25-27-24(28-32-25)19-7-3-2-4-8-19)29-13-15-30(16-14-29)23(31)12-11-20-17-26-22-10-6-5-9-21(20)22/h2-10,17-18,26H,11-16H2,1H3. The molecule has 0 bridgehead atoms. The summed E-state index contributed by atoms with van der Waals surface area (Å²) in [7, 11) is 0. The minimum absolute atomic E-state index is 0.0171. The number of H-pyrrole nitrogens is 1. The molecule has 7 heteroatoms. The van der Waals surface area contributed by atoms with Crippen molar-refractivity contribution < 1.29 is 9.32 Å². The normalized spacial score (nSPS) is 15.8. The first kappa shape index (κ1) is 20.5. The van der Waals surface area contributed by atoms with Gasteiger partial charge in [-0.05, 0) is 25.0 Å². The first-order chi connectivity index (χ1) is 15.7. The molecule has 1 N–H and O–H groups in total. The first-order valence-corrected chi connectivity index (χ1v) is 11.1. The van der Waals surface area contributed by atoms with Gasteiger partial charge in [-0.15, -0.1) is 0 Å². The Hall–Kier alpha value is -3.45. The second-order valence-corrected chi connectivity index (χ2v) is 8.27. The third-order valence-electron chi connectivity index (χ3n) is 6.33. The number of nitrogens with one attached hydrogen (secondary N) is 1. The summed E-state index contributed by atoms with van der Waals surface area (Å²) in [5, 5.41) is 5.34. The number of benzene rings is 2. The summed E-state index contributed by atoms with van der Waals surface area (Å²) in [4.78, 5) is 24.9. The second kappa shape index (κ2) is 8.96. The molecule has 1 saturated heterocycles. The molecular weight excluding hydrogens is 402 g/mol. The number of fused-ring (bicyclic) bond motifs is 1. The number of carbonyl (C=O) groups is 1. The Balaban J connectivity index is 1.14. The molecule has 2 aromatic carbocycles. The second-order valence-electron chi connectivity index (χ2n) is 8.27. The van der Waals surface area contributed by atoms with Gasteiger partial charge < -0.3 is 14.4 Å². The van der Waals surface area contributed by atoms with Crippen molar-refractivity contribution in [3.8, 4) is 11.4 Å². The first-order valence-electron chi connectivity index (χ1n) is 11.1. The van der Waals surface area contributed by atoms with Gasteiger partial charge in [-0.25, -0.2) is 0 Å². The van der Waals surface area contributed by atoms with Crippen molar-refractivity contribution in [3.05, 3.63) is 72.2 Å². The van der Waals surface area contributed by atoms with Crippen LogP contribution >= 0.6 is 0 Å². The van der Waals surface area contributed by atoms with Crippen LogP contribution in [-0.4, -0.2) is 57.0 Å². The molecule has 5 rings (SSSR count). The molecule has 32 heavy (non-hydrogen) atoms. The lowest BCUT2D eigenvalue weighted by molar-refractivity contribution is -0.133. The molecule has 1 unspecified atom stereocenters. The lowest BCUT2D eigenvalue weighted by Gasteiger charge is -2.36. The van der Waals surface area contributed by atoms with Crippen molar-refractivity contribution in [1.29, 1.82) is 0 Å². The van der Waals surface area contributed by atoms with E-state index >= 15 is 0 Å². The zero-order valence-electron chi connectivity index (χ0n) is 18.2. The summed E-state index contributed by atoms with van der Waals surface area (Å²) in [6, 6.07) is 18.1. The zero-order chi connectivity index (χ0) is 21.9. The largest absolute Gasteiger partial charge is 0.361 e. The zero-order valence-corrected chi connectivity index (χ0v) is 18.2. The lowest BCUT2D eigenvalue weighted by atomic mass is 10.1. The molecule has 1 aliphatic rings. The highest BCUT2D eigenvalue weighted by Gasteiger charge is 2.27. The summed E-state index contributed by atoms with van der Waals surface area (Å²) in [6.45, 7) is 5.11. The van der Waals surface area contributed by atoms with E-state index in [-0.39, 0.29) is 11.9 Å². The van der Waals surface area contributed by atoms with Crippen molar-refractivity contribution in [1.82, 2.24) is 24.9 Å². The molecule has 1 amide bonds. The maximum absolute atomic E-state index is 12.8. The van der Waals surface area contributed by atoms with E-state index in [2.05, 4.69) is 39.1 Å². The summed E-state index contributed by atoms with van der Waals surface area (Å²) < 4.78 is 5.54. The molecule has 1 fully saturated rings. The number of nitrogens with zero attached hydrogens (tertiary/aromatic N) is 4. The Kier molecular flexibility index (Phi) is 5.73. The van der Waals surface area contributed by atoms with E-state index < -0.39 is 0 Å². The fourth-order valence-electron chi connectivity index (χ4n) is 4.36. The van der Waals surface area contributed by atoms with Crippen LogP contribution in [0.3, 0.4) is 0 Å². The summed E-state index contributed by atoms with van der Waals surface area (Å²) in [5.41, 5.74) is 3.26. The number of aryl methyl sites for hydroxylation is 1. The predicted molar refractivity (Wildman–Crippen MR) is 123 cm³/mol. The van der Waals surface area contributed by atoms with Crippen molar-refractivity contribution >= 4 is 16.8 Å². The third kappa shape index (κ3) is 4.16.